The average molecular weight is 257 g/mol. The number of H-pyrrole nitrogens is 1. The lowest BCUT2D eigenvalue weighted by molar-refractivity contribution is 0.0937. The van der Waals surface area contributed by atoms with Crippen LogP contribution in [0.1, 0.15) is 42.7 Å². The van der Waals surface area contributed by atoms with Gasteiger partial charge >= 0.3 is 0 Å². The average Bonchev–Trinajstić information content (AvgIpc) is 2.23. The summed E-state index contributed by atoms with van der Waals surface area (Å²) < 4.78 is 0. The van der Waals surface area contributed by atoms with E-state index in [1.165, 1.54) is 6.07 Å². The number of hydrogen-bond donors (Lipinski definition) is 2. The summed E-state index contributed by atoms with van der Waals surface area (Å²) in [5, 5.41) is 3.15. The minimum atomic E-state index is -0.409. The van der Waals surface area contributed by atoms with Crippen molar-refractivity contribution in [2.24, 2.45) is 0 Å². The molecule has 17 heavy (non-hydrogen) atoms. The largest absolute Gasteiger partial charge is 0.349 e. The van der Waals surface area contributed by atoms with E-state index < -0.39 is 5.56 Å². The maximum atomic E-state index is 11.8. The van der Waals surface area contributed by atoms with E-state index in [2.05, 4.69) is 10.3 Å². The molecule has 0 bridgehead atoms. The van der Waals surface area contributed by atoms with Crippen LogP contribution in [0.2, 0.25) is 5.02 Å². The maximum absolute atomic E-state index is 11.8. The van der Waals surface area contributed by atoms with Crippen molar-refractivity contribution in [1.82, 2.24) is 10.3 Å². The highest BCUT2D eigenvalue weighted by Crippen LogP contribution is 2.11. The molecule has 0 saturated carbocycles. The van der Waals surface area contributed by atoms with Crippen LogP contribution in [-0.2, 0) is 0 Å². The molecule has 1 amide bonds. The van der Waals surface area contributed by atoms with Crippen molar-refractivity contribution in [3.05, 3.63) is 32.7 Å². The quantitative estimate of drug-likeness (QED) is 0.868. The zero-order valence-corrected chi connectivity index (χ0v) is 11.0. The minimum absolute atomic E-state index is 0.0481. The van der Waals surface area contributed by atoms with Crippen molar-refractivity contribution in [2.75, 3.05) is 0 Å². The highest BCUT2D eigenvalue weighted by atomic mass is 35.5. The first-order chi connectivity index (χ1) is 7.95. The molecule has 1 aromatic rings. The number of carbonyl (C=O) groups excluding carboxylic acids is 1. The first kappa shape index (κ1) is 13.8. The molecule has 1 rings (SSSR count). The molecule has 94 valence electrons. The van der Waals surface area contributed by atoms with Crippen LogP contribution in [0.5, 0.6) is 0 Å². The van der Waals surface area contributed by atoms with Crippen molar-refractivity contribution >= 4 is 17.5 Å². The molecule has 0 spiro atoms. The topological polar surface area (TPSA) is 62.0 Å². The van der Waals surface area contributed by atoms with Crippen LogP contribution in [0, 0.1) is 6.92 Å². The van der Waals surface area contributed by atoms with Crippen molar-refractivity contribution < 1.29 is 4.79 Å². The van der Waals surface area contributed by atoms with Crippen molar-refractivity contribution in [3.8, 4) is 0 Å². The summed E-state index contributed by atoms with van der Waals surface area (Å²) in [5.41, 5.74) is 0.214. The number of hydrogen-bond acceptors (Lipinski definition) is 2. The van der Waals surface area contributed by atoms with Gasteiger partial charge in [0.05, 0.1) is 5.02 Å². The molecule has 0 radical (unpaired) electrons. The third-order valence-corrected chi connectivity index (χ3v) is 2.91. The molecule has 1 heterocycles. The lowest BCUT2D eigenvalue weighted by Crippen LogP contribution is -2.35. The third kappa shape index (κ3) is 3.60. The van der Waals surface area contributed by atoms with Gasteiger partial charge in [-0.3, -0.25) is 9.59 Å². The van der Waals surface area contributed by atoms with Crippen LogP contribution in [-0.4, -0.2) is 16.9 Å². The first-order valence-electron chi connectivity index (χ1n) is 5.66. The van der Waals surface area contributed by atoms with E-state index >= 15 is 0 Å². The second-order valence-corrected chi connectivity index (χ2v) is 4.56. The summed E-state index contributed by atoms with van der Waals surface area (Å²) in [6, 6.07) is 1.45. The van der Waals surface area contributed by atoms with Gasteiger partial charge in [-0.2, -0.15) is 0 Å². The fourth-order valence-electron chi connectivity index (χ4n) is 1.57. The normalized spacial score (nSPS) is 12.2. The van der Waals surface area contributed by atoms with E-state index in [1.54, 1.807) is 6.92 Å². The molecule has 0 fully saturated rings. The molecule has 1 atom stereocenters. The van der Waals surface area contributed by atoms with Gasteiger partial charge in [-0.25, -0.2) is 0 Å². The van der Waals surface area contributed by atoms with Crippen molar-refractivity contribution in [2.45, 2.75) is 39.7 Å². The summed E-state index contributed by atoms with van der Waals surface area (Å²) >= 11 is 5.88. The molecular weight excluding hydrogens is 240 g/mol. The number of amides is 1. The number of aryl methyl sites for hydroxylation is 1. The first-order valence-corrected chi connectivity index (χ1v) is 6.03. The van der Waals surface area contributed by atoms with Gasteiger partial charge in [0, 0.05) is 11.7 Å². The standard InChI is InChI=1S/C12H17ClN2O2/c1-4-5-7(2)14-11(16)9-6-10(13)8(3)15-12(9)17/h6-7H,4-5H2,1-3H3,(H,14,16)(H,15,17)/t7-/m0/s1. The number of pyridine rings is 1. The molecule has 1 aromatic heterocycles. The maximum Gasteiger partial charge on any atom is 0.261 e. The van der Waals surface area contributed by atoms with Gasteiger partial charge in [-0.05, 0) is 26.3 Å². The zero-order valence-electron chi connectivity index (χ0n) is 10.3. The van der Waals surface area contributed by atoms with E-state index in [4.69, 9.17) is 11.6 Å². The van der Waals surface area contributed by atoms with Gasteiger partial charge in [0.1, 0.15) is 5.56 Å². The molecule has 5 heteroatoms. The molecular formula is C12H17ClN2O2. The highest BCUT2D eigenvalue weighted by Gasteiger charge is 2.14. The Hall–Kier alpha value is -1.29. The molecule has 0 aliphatic rings. The molecule has 0 aliphatic carbocycles. The van der Waals surface area contributed by atoms with E-state index in [1.807, 2.05) is 13.8 Å². The summed E-state index contributed by atoms with van der Waals surface area (Å²) in [6.07, 6.45) is 1.86. The van der Waals surface area contributed by atoms with Crippen molar-refractivity contribution in [3.63, 3.8) is 0 Å². The van der Waals surface area contributed by atoms with Crippen LogP contribution in [0.3, 0.4) is 0 Å². The van der Waals surface area contributed by atoms with Crippen LogP contribution < -0.4 is 10.9 Å². The van der Waals surface area contributed by atoms with E-state index in [9.17, 15) is 9.59 Å². The second kappa shape index (κ2) is 5.87. The third-order valence-electron chi connectivity index (χ3n) is 2.52. The summed E-state index contributed by atoms with van der Waals surface area (Å²) in [4.78, 5) is 26.0. The number of halogens is 1. The molecule has 4 nitrogen and oxygen atoms in total. The monoisotopic (exact) mass is 256 g/mol. The highest BCUT2D eigenvalue weighted by molar-refractivity contribution is 6.31. The van der Waals surface area contributed by atoms with E-state index in [-0.39, 0.29) is 17.5 Å². The number of rotatable bonds is 4. The molecule has 0 unspecified atom stereocenters. The van der Waals surface area contributed by atoms with E-state index in [0.29, 0.717) is 10.7 Å². The smallest absolute Gasteiger partial charge is 0.261 e. The molecule has 0 saturated heterocycles. The predicted octanol–water partition coefficient (Wildman–Crippen LogP) is 2.26. The minimum Gasteiger partial charge on any atom is -0.349 e. The molecule has 0 aliphatic heterocycles. The van der Waals surface area contributed by atoms with E-state index in [0.717, 1.165) is 12.8 Å². The fourth-order valence-corrected chi connectivity index (χ4v) is 1.73. The molecule has 0 aromatic carbocycles. The van der Waals surface area contributed by atoms with Gasteiger partial charge in [0.2, 0.25) is 0 Å². The Balaban J connectivity index is 2.90. The van der Waals surface area contributed by atoms with Crippen LogP contribution in [0.25, 0.3) is 0 Å². The number of aromatic amines is 1. The number of carbonyl (C=O) groups is 1. The summed E-state index contributed by atoms with van der Waals surface area (Å²) in [7, 11) is 0. The van der Waals surface area contributed by atoms with Crippen LogP contribution in [0.4, 0.5) is 0 Å². The van der Waals surface area contributed by atoms with Gasteiger partial charge in [-0.1, -0.05) is 24.9 Å². The summed E-state index contributed by atoms with van der Waals surface area (Å²) in [5.74, 6) is -0.380. The summed E-state index contributed by atoms with van der Waals surface area (Å²) in [6.45, 7) is 5.63. The SMILES string of the molecule is CCC[C@H](C)NC(=O)c1cc(Cl)c(C)[nH]c1=O. The molecule has 2 N–H and O–H groups in total. The number of aromatic nitrogens is 1. The Morgan fingerprint density at radius 3 is 2.82 bits per heavy atom. The Morgan fingerprint density at radius 1 is 1.59 bits per heavy atom. The van der Waals surface area contributed by atoms with Gasteiger partial charge < -0.3 is 10.3 Å². The Labute approximate surface area is 105 Å². The number of nitrogens with one attached hydrogen (secondary N) is 2. The lowest BCUT2D eigenvalue weighted by Gasteiger charge is -2.12. The fraction of sp³-hybridized carbons (Fsp3) is 0.500. The second-order valence-electron chi connectivity index (χ2n) is 4.15. The predicted molar refractivity (Wildman–Crippen MR) is 68.6 cm³/mol. The zero-order chi connectivity index (χ0) is 13.0. The van der Waals surface area contributed by atoms with Gasteiger partial charge in [0.15, 0.2) is 0 Å². The van der Waals surface area contributed by atoms with Gasteiger partial charge in [-0.15, -0.1) is 0 Å². The van der Waals surface area contributed by atoms with Crippen LogP contribution in [0.15, 0.2) is 10.9 Å². The lowest BCUT2D eigenvalue weighted by atomic mass is 10.1. The van der Waals surface area contributed by atoms with Gasteiger partial charge in [0.25, 0.3) is 11.5 Å². The Morgan fingerprint density at radius 2 is 2.24 bits per heavy atom. The van der Waals surface area contributed by atoms with Crippen LogP contribution >= 0.6 is 11.6 Å². The Bertz CT molecular complexity index is 468. The Kier molecular flexibility index (Phi) is 4.75. The van der Waals surface area contributed by atoms with Crippen molar-refractivity contribution in [1.29, 1.82) is 0 Å².